The zero-order chi connectivity index (χ0) is 17.8. The molecular weight excluding hydrogens is 332 g/mol. The van der Waals surface area contributed by atoms with E-state index in [-0.39, 0.29) is 10.8 Å². The maximum absolute atomic E-state index is 13.4. The van der Waals surface area contributed by atoms with Gasteiger partial charge in [0.15, 0.2) is 0 Å². The normalized spacial score (nSPS) is 30.8. The van der Waals surface area contributed by atoms with Gasteiger partial charge in [0.25, 0.3) is 0 Å². The van der Waals surface area contributed by atoms with Crippen molar-refractivity contribution in [1.29, 1.82) is 0 Å². The third-order valence-electron chi connectivity index (χ3n) is 7.04. The summed E-state index contributed by atoms with van der Waals surface area (Å²) in [7, 11) is 0. The lowest BCUT2D eigenvalue weighted by atomic mass is 9.68. The number of halogens is 1. The predicted octanol–water partition coefficient (Wildman–Crippen LogP) is 4.37. The van der Waals surface area contributed by atoms with Gasteiger partial charge >= 0.3 is 0 Å². The van der Waals surface area contributed by atoms with Crippen molar-refractivity contribution in [3.63, 3.8) is 0 Å². The van der Waals surface area contributed by atoms with E-state index < -0.39 is 0 Å². The van der Waals surface area contributed by atoms with Crippen molar-refractivity contribution in [3.8, 4) is 0 Å². The fourth-order valence-corrected chi connectivity index (χ4v) is 5.45. The van der Waals surface area contributed by atoms with Crippen molar-refractivity contribution in [2.24, 2.45) is 16.7 Å². The Labute approximate surface area is 155 Å². The standard InChI is InChI=1S/C21H27ClN2O/c1-15-20(2,3)16-7-8-21(15,14-16)19(25)24-11-9-23(10-12-24)18-6-4-5-17(22)13-18/h4-6,13,16H,1,7-12,14H2,2-3H3/t16-,21+/m0/s1. The van der Waals surface area contributed by atoms with E-state index >= 15 is 0 Å². The molecule has 1 heterocycles. The van der Waals surface area contributed by atoms with Gasteiger partial charge in [0.05, 0.1) is 5.41 Å². The van der Waals surface area contributed by atoms with Crippen molar-refractivity contribution in [1.82, 2.24) is 4.90 Å². The molecule has 0 spiro atoms. The molecule has 0 unspecified atom stereocenters. The van der Waals surface area contributed by atoms with E-state index in [0.717, 1.165) is 49.7 Å². The lowest BCUT2D eigenvalue weighted by Crippen LogP contribution is -2.53. The van der Waals surface area contributed by atoms with Crippen LogP contribution in [-0.2, 0) is 4.79 Å². The van der Waals surface area contributed by atoms with E-state index in [0.29, 0.717) is 11.8 Å². The second-order valence-electron chi connectivity index (χ2n) is 8.48. The molecule has 134 valence electrons. The lowest BCUT2D eigenvalue weighted by molar-refractivity contribution is -0.140. The Morgan fingerprint density at radius 3 is 2.56 bits per heavy atom. The maximum Gasteiger partial charge on any atom is 0.233 e. The van der Waals surface area contributed by atoms with Gasteiger partial charge in [0.1, 0.15) is 0 Å². The Morgan fingerprint density at radius 1 is 1.24 bits per heavy atom. The monoisotopic (exact) mass is 358 g/mol. The van der Waals surface area contributed by atoms with Gasteiger partial charge in [0, 0.05) is 36.9 Å². The quantitative estimate of drug-likeness (QED) is 0.733. The average molecular weight is 359 g/mol. The van der Waals surface area contributed by atoms with Crippen LogP contribution >= 0.6 is 11.6 Å². The summed E-state index contributed by atoms with van der Waals surface area (Å²) < 4.78 is 0. The first kappa shape index (κ1) is 17.0. The van der Waals surface area contributed by atoms with Crippen LogP contribution in [0.2, 0.25) is 5.02 Å². The second-order valence-corrected chi connectivity index (χ2v) is 8.92. The molecule has 25 heavy (non-hydrogen) atoms. The smallest absolute Gasteiger partial charge is 0.233 e. The summed E-state index contributed by atoms with van der Waals surface area (Å²) in [5, 5.41) is 0.761. The number of benzene rings is 1. The summed E-state index contributed by atoms with van der Waals surface area (Å²) in [5.74, 6) is 0.952. The molecule has 2 aliphatic carbocycles. The van der Waals surface area contributed by atoms with Gasteiger partial charge in [-0.15, -0.1) is 0 Å². The van der Waals surface area contributed by atoms with Crippen LogP contribution in [0.5, 0.6) is 0 Å². The highest BCUT2D eigenvalue weighted by Gasteiger charge is 2.61. The van der Waals surface area contributed by atoms with Crippen molar-refractivity contribution in [3.05, 3.63) is 41.4 Å². The molecule has 0 radical (unpaired) electrons. The third kappa shape index (κ3) is 2.51. The molecule has 2 atom stereocenters. The number of carbonyl (C=O) groups excluding carboxylic acids is 1. The Kier molecular flexibility index (Phi) is 3.91. The summed E-state index contributed by atoms with van der Waals surface area (Å²) in [6.45, 7) is 12.2. The molecule has 0 N–H and O–H groups in total. The number of piperazine rings is 1. The fourth-order valence-electron chi connectivity index (χ4n) is 5.27. The number of nitrogens with zero attached hydrogens (tertiary/aromatic N) is 2. The highest BCUT2D eigenvalue weighted by molar-refractivity contribution is 6.30. The molecule has 3 nitrogen and oxygen atoms in total. The van der Waals surface area contributed by atoms with E-state index in [4.69, 9.17) is 11.6 Å². The number of anilines is 1. The summed E-state index contributed by atoms with van der Waals surface area (Å²) in [5.41, 5.74) is 2.15. The number of carbonyl (C=O) groups is 1. The Morgan fingerprint density at radius 2 is 1.96 bits per heavy atom. The number of hydrogen-bond donors (Lipinski definition) is 0. The van der Waals surface area contributed by atoms with E-state index in [1.54, 1.807) is 0 Å². The lowest BCUT2D eigenvalue weighted by Gasteiger charge is -2.42. The molecule has 1 saturated heterocycles. The third-order valence-corrected chi connectivity index (χ3v) is 7.28. The Balaban J connectivity index is 1.46. The number of rotatable bonds is 2. The van der Waals surface area contributed by atoms with Gasteiger partial charge in [-0.25, -0.2) is 0 Å². The zero-order valence-corrected chi connectivity index (χ0v) is 16.0. The summed E-state index contributed by atoms with van der Waals surface area (Å²) in [4.78, 5) is 17.8. The largest absolute Gasteiger partial charge is 0.368 e. The highest BCUT2D eigenvalue weighted by atomic mass is 35.5. The zero-order valence-electron chi connectivity index (χ0n) is 15.2. The van der Waals surface area contributed by atoms with Gasteiger partial charge in [-0.2, -0.15) is 0 Å². The average Bonchev–Trinajstić information content (AvgIpc) is 3.14. The van der Waals surface area contributed by atoms with Crippen molar-refractivity contribution >= 4 is 23.2 Å². The molecule has 4 rings (SSSR count). The van der Waals surface area contributed by atoms with Crippen molar-refractivity contribution in [2.45, 2.75) is 33.1 Å². The first-order valence-corrected chi connectivity index (χ1v) is 9.72. The van der Waals surface area contributed by atoms with Crippen LogP contribution < -0.4 is 4.90 Å². The Hall–Kier alpha value is -1.48. The highest BCUT2D eigenvalue weighted by Crippen LogP contribution is 2.65. The molecule has 2 bridgehead atoms. The number of fused-ring (bicyclic) bond motifs is 2. The van der Waals surface area contributed by atoms with E-state index in [2.05, 4.69) is 36.3 Å². The molecule has 3 aliphatic rings. The second kappa shape index (κ2) is 5.77. The molecular formula is C21H27ClN2O. The van der Waals surface area contributed by atoms with Gasteiger partial charge < -0.3 is 9.80 Å². The summed E-state index contributed by atoms with van der Waals surface area (Å²) in [6, 6.07) is 7.97. The molecule has 0 aromatic heterocycles. The van der Waals surface area contributed by atoms with Crippen LogP contribution in [0.15, 0.2) is 36.4 Å². The van der Waals surface area contributed by atoms with Crippen LogP contribution in [0.4, 0.5) is 5.69 Å². The minimum absolute atomic E-state index is 0.108. The molecule has 1 amide bonds. The predicted molar refractivity (Wildman–Crippen MR) is 103 cm³/mol. The minimum Gasteiger partial charge on any atom is -0.368 e. The first-order chi connectivity index (χ1) is 11.8. The molecule has 1 aliphatic heterocycles. The number of hydrogen-bond acceptors (Lipinski definition) is 2. The van der Waals surface area contributed by atoms with Crippen LogP contribution in [-0.4, -0.2) is 37.0 Å². The summed E-state index contributed by atoms with van der Waals surface area (Å²) in [6.07, 6.45) is 3.17. The van der Waals surface area contributed by atoms with Gasteiger partial charge in [0.2, 0.25) is 5.91 Å². The molecule has 1 aromatic rings. The minimum atomic E-state index is -0.285. The topological polar surface area (TPSA) is 23.6 Å². The molecule has 3 fully saturated rings. The number of amides is 1. The van der Waals surface area contributed by atoms with Crippen LogP contribution in [0.1, 0.15) is 33.1 Å². The van der Waals surface area contributed by atoms with Crippen LogP contribution in [0, 0.1) is 16.7 Å². The first-order valence-electron chi connectivity index (χ1n) is 9.34. The van der Waals surface area contributed by atoms with E-state index in [1.165, 1.54) is 12.0 Å². The van der Waals surface area contributed by atoms with Crippen LogP contribution in [0.3, 0.4) is 0 Å². The maximum atomic E-state index is 13.4. The SMILES string of the molecule is C=C1C(C)(C)[C@H]2CC[C@@]1(C(=O)N1CCN(c3cccc(Cl)c3)CC1)C2. The van der Waals surface area contributed by atoms with Crippen LogP contribution in [0.25, 0.3) is 0 Å². The van der Waals surface area contributed by atoms with E-state index in [1.807, 2.05) is 18.2 Å². The Bertz CT molecular complexity index is 720. The fraction of sp³-hybridized carbons (Fsp3) is 0.571. The van der Waals surface area contributed by atoms with Gasteiger partial charge in [-0.05, 0) is 48.8 Å². The summed E-state index contributed by atoms with van der Waals surface area (Å²) >= 11 is 6.11. The van der Waals surface area contributed by atoms with Gasteiger partial charge in [-0.3, -0.25) is 4.79 Å². The molecule has 4 heteroatoms. The molecule has 2 saturated carbocycles. The molecule has 1 aromatic carbocycles. The van der Waals surface area contributed by atoms with Gasteiger partial charge in [-0.1, -0.05) is 43.7 Å². The van der Waals surface area contributed by atoms with Crippen molar-refractivity contribution < 1.29 is 4.79 Å². The van der Waals surface area contributed by atoms with Crippen molar-refractivity contribution in [2.75, 3.05) is 31.1 Å². The van der Waals surface area contributed by atoms with E-state index in [9.17, 15) is 4.79 Å².